The van der Waals surface area contributed by atoms with Gasteiger partial charge in [0.2, 0.25) is 0 Å². The molecule has 0 aliphatic carbocycles. The van der Waals surface area contributed by atoms with Gasteiger partial charge in [-0.2, -0.15) is 0 Å². The molecule has 0 atom stereocenters. The smallest absolute Gasteiger partial charge is 0.0658 e. The standard InChI is InChI=1S/C20H14N4.C6H6.Fe/c1-2-14-10-16-5-6-18(23-16)12-20-8-7-19(24-20)11-17-4-3-15(22-17)9-13(1)21-14;1-2-4-6-5-3-1;/h1-12,21,24H;1-6H;. The number of benzene rings is 1. The summed E-state index contributed by atoms with van der Waals surface area (Å²) < 4.78 is 0. The van der Waals surface area contributed by atoms with Crippen molar-refractivity contribution in [2.45, 2.75) is 0 Å². The number of nitrogens with zero attached hydrogens (tertiary/aromatic N) is 2. The summed E-state index contributed by atoms with van der Waals surface area (Å²) in [5.41, 5.74) is 7.86. The predicted octanol–water partition coefficient (Wildman–Crippen LogP) is 6.34. The molecule has 4 nitrogen and oxygen atoms in total. The summed E-state index contributed by atoms with van der Waals surface area (Å²) in [4.78, 5) is 16.0. The summed E-state index contributed by atoms with van der Waals surface area (Å²) in [6.07, 6.45) is 8.09. The Labute approximate surface area is 190 Å². The molecule has 2 aliphatic heterocycles. The second-order valence-electron chi connectivity index (χ2n) is 7.06. The second kappa shape index (κ2) is 9.43. The van der Waals surface area contributed by atoms with Crippen molar-refractivity contribution in [1.82, 2.24) is 19.9 Å². The molecule has 31 heavy (non-hydrogen) atoms. The Balaban J connectivity index is 0.000000288. The number of nitrogens with one attached hydrogen (secondary N) is 2. The van der Waals surface area contributed by atoms with E-state index in [1.807, 2.05) is 85.0 Å². The minimum Gasteiger partial charge on any atom is -0.355 e. The molecule has 0 unspecified atom stereocenters. The third kappa shape index (κ3) is 5.28. The third-order valence-corrected chi connectivity index (χ3v) is 4.71. The molecule has 0 amide bonds. The normalized spacial score (nSPS) is 11.4. The van der Waals surface area contributed by atoms with Crippen molar-refractivity contribution in [1.29, 1.82) is 0 Å². The molecule has 0 spiro atoms. The van der Waals surface area contributed by atoms with E-state index in [2.05, 4.69) is 44.2 Å². The zero-order chi connectivity index (χ0) is 20.2. The fourth-order valence-corrected chi connectivity index (χ4v) is 3.33. The van der Waals surface area contributed by atoms with Crippen LogP contribution < -0.4 is 0 Å². The molecule has 0 saturated heterocycles. The molecule has 0 saturated carbocycles. The Morgan fingerprint density at radius 3 is 0.935 bits per heavy atom. The molecule has 2 aliphatic rings. The van der Waals surface area contributed by atoms with Crippen LogP contribution in [0.3, 0.4) is 0 Å². The average molecular weight is 444 g/mol. The van der Waals surface area contributed by atoms with Gasteiger partial charge in [-0.05, 0) is 72.8 Å². The van der Waals surface area contributed by atoms with Gasteiger partial charge in [-0.3, -0.25) is 0 Å². The van der Waals surface area contributed by atoms with Crippen LogP contribution >= 0.6 is 0 Å². The van der Waals surface area contributed by atoms with Gasteiger partial charge in [-0.25, -0.2) is 9.97 Å². The molecule has 6 rings (SSSR count). The van der Waals surface area contributed by atoms with Crippen LogP contribution in [0.4, 0.5) is 0 Å². The van der Waals surface area contributed by atoms with Gasteiger partial charge in [-0.1, -0.05) is 36.4 Å². The Kier molecular flexibility index (Phi) is 6.27. The van der Waals surface area contributed by atoms with E-state index in [1.165, 1.54) is 0 Å². The minimum absolute atomic E-state index is 0. The number of H-pyrrole nitrogens is 2. The van der Waals surface area contributed by atoms with Crippen LogP contribution in [-0.2, 0) is 17.1 Å². The first kappa shape index (κ1) is 20.6. The zero-order valence-corrected chi connectivity index (χ0v) is 17.7. The van der Waals surface area contributed by atoms with Crippen molar-refractivity contribution in [3.63, 3.8) is 0 Å². The Hall–Kier alpha value is -3.66. The summed E-state index contributed by atoms with van der Waals surface area (Å²) in [5, 5.41) is 0. The van der Waals surface area contributed by atoms with Crippen molar-refractivity contribution in [2.24, 2.45) is 0 Å². The predicted molar refractivity (Wildman–Crippen MR) is 125 cm³/mol. The van der Waals surface area contributed by atoms with Gasteiger partial charge in [-0.15, -0.1) is 0 Å². The summed E-state index contributed by atoms with van der Waals surface area (Å²) in [6, 6.07) is 28.4. The van der Waals surface area contributed by atoms with Crippen LogP contribution in [0, 0.1) is 0 Å². The van der Waals surface area contributed by atoms with Crippen molar-refractivity contribution >= 4 is 46.4 Å². The monoisotopic (exact) mass is 444 g/mol. The van der Waals surface area contributed by atoms with Crippen LogP contribution in [0.15, 0.2) is 84.9 Å². The van der Waals surface area contributed by atoms with E-state index in [-0.39, 0.29) is 17.1 Å². The maximum Gasteiger partial charge on any atom is 0.0658 e. The Bertz CT molecular complexity index is 1190. The molecule has 3 aromatic heterocycles. The topological polar surface area (TPSA) is 57.4 Å². The van der Waals surface area contributed by atoms with Crippen LogP contribution in [0.25, 0.3) is 46.4 Å². The van der Waals surface area contributed by atoms with Crippen LogP contribution in [0.2, 0.25) is 0 Å². The van der Waals surface area contributed by atoms with E-state index in [4.69, 9.17) is 0 Å². The second-order valence-corrected chi connectivity index (χ2v) is 7.06. The third-order valence-electron chi connectivity index (χ3n) is 4.71. The molecule has 1 aromatic carbocycles. The van der Waals surface area contributed by atoms with Gasteiger partial charge in [0, 0.05) is 39.1 Å². The summed E-state index contributed by atoms with van der Waals surface area (Å²) in [6.45, 7) is 0. The summed E-state index contributed by atoms with van der Waals surface area (Å²) >= 11 is 0. The SMILES string of the molecule is C1=Cc2cc3ccc(cc4nc(cc5ccc(cc1n2)[nH]5)C=C4)[nH]3.[Fe].c1ccccc1. The first-order valence-corrected chi connectivity index (χ1v) is 9.85. The molecule has 8 bridgehead atoms. The van der Waals surface area contributed by atoms with Gasteiger partial charge in [0.15, 0.2) is 0 Å². The number of aromatic nitrogens is 4. The summed E-state index contributed by atoms with van der Waals surface area (Å²) in [5.74, 6) is 0. The fraction of sp³-hybridized carbons (Fsp3) is 0. The van der Waals surface area contributed by atoms with E-state index in [0.717, 1.165) is 44.8 Å². The minimum atomic E-state index is 0. The largest absolute Gasteiger partial charge is 0.355 e. The molecule has 5 heterocycles. The van der Waals surface area contributed by atoms with Crippen LogP contribution in [0.1, 0.15) is 22.8 Å². The first-order valence-electron chi connectivity index (χ1n) is 9.85. The van der Waals surface area contributed by atoms with E-state index in [1.54, 1.807) is 0 Å². The van der Waals surface area contributed by atoms with Crippen molar-refractivity contribution in [3.8, 4) is 0 Å². The maximum absolute atomic E-state index is 4.63. The molecule has 0 radical (unpaired) electrons. The summed E-state index contributed by atoms with van der Waals surface area (Å²) in [7, 11) is 0. The quantitative estimate of drug-likeness (QED) is 0.269. The van der Waals surface area contributed by atoms with Gasteiger partial charge in [0.05, 0.1) is 22.8 Å². The molecule has 0 fully saturated rings. The number of hydrogen-bond acceptors (Lipinski definition) is 2. The van der Waals surface area contributed by atoms with Crippen LogP contribution in [-0.4, -0.2) is 19.9 Å². The van der Waals surface area contributed by atoms with E-state index in [9.17, 15) is 0 Å². The first-order chi connectivity index (χ1) is 14.8. The molecular weight excluding hydrogens is 424 g/mol. The Morgan fingerprint density at radius 2 is 0.677 bits per heavy atom. The zero-order valence-electron chi connectivity index (χ0n) is 16.6. The van der Waals surface area contributed by atoms with Crippen LogP contribution in [0.5, 0.6) is 0 Å². The average Bonchev–Trinajstić information content (AvgIpc) is 3.56. The number of rotatable bonds is 0. The fourth-order valence-electron chi connectivity index (χ4n) is 3.33. The van der Waals surface area contributed by atoms with E-state index < -0.39 is 0 Å². The van der Waals surface area contributed by atoms with Crippen molar-refractivity contribution in [2.75, 3.05) is 0 Å². The van der Waals surface area contributed by atoms with E-state index >= 15 is 0 Å². The van der Waals surface area contributed by atoms with Gasteiger partial charge < -0.3 is 9.97 Å². The molecule has 152 valence electrons. The number of hydrogen-bond donors (Lipinski definition) is 2. The molecule has 4 aromatic rings. The molecule has 5 heteroatoms. The van der Waals surface area contributed by atoms with Crippen molar-refractivity contribution < 1.29 is 17.1 Å². The van der Waals surface area contributed by atoms with E-state index in [0.29, 0.717) is 0 Å². The number of fused-ring (bicyclic) bond motifs is 8. The molecule has 2 N–H and O–H groups in total. The van der Waals surface area contributed by atoms with Gasteiger partial charge in [0.25, 0.3) is 0 Å². The van der Waals surface area contributed by atoms with Gasteiger partial charge in [0.1, 0.15) is 0 Å². The maximum atomic E-state index is 4.63. The molecular formula is C26H20FeN4. The Morgan fingerprint density at radius 1 is 0.419 bits per heavy atom. The van der Waals surface area contributed by atoms with Gasteiger partial charge >= 0.3 is 0 Å². The number of aromatic amines is 2. The van der Waals surface area contributed by atoms with Crippen molar-refractivity contribution in [3.05, 3.63) is 108 Å².